The molecule has 0 aromatic carbocycles. The molecule has 160 valence electrons. The minimum Gasteiger partial charge on any atom is -0.198 e. The van der Waals surface area contributed by atoms with E-state index >= 15 is 0 Å². The van der Waals surface area contributed by atoms with E-state index in [2.05, 4.69) is 19.9 Å². The second-order valence-electron chi connectivity index (χ2n) is 11.0. The van der Waals surface area contributed by atoms with Crippen LogP contribution in [0.25, 0.3) is 0 Å². The Balaban J connectivity index is 1.38. The van der Waals surface area contributed by atoms with Crippen LogP contribution in [0, 0.1) is 46.3 Å². The van der Waals surface area contributed by atoms with Gasteiger partial charge in [-0.1, -0.05) is 71.6 Å². The van der Waals surface area contributed by atoms with Crippen molar-refractivity contribution in [1.82, 2.24) is 0 Å². The molecular weight excluding hydrogens is 338 g/mol. The van der Waals surface area contributed by atoms with Crippen molar-refractivity contribution in [2.24, 2.45) is 35.0 Å². The lowest BCUT2D eigenvalue weighted by molar-refractivity contribution is 0.0383. The molecular formula is C27H47N. The van der Waals surface area contributed by atoms with Gasteiger partial charge in [-0.2, -0.15) is 5.26 Å². The summed E-state index contributed by atoms with van der Waals surface area (Å²) in [6.45, 7) is 4.57. The predicted octanol–water partition coefficient (Wildman–Crippen LogP) is 8.68. The van der Waals surface area contributed by atoms with Crippen LogP contribution in [0.3, 0.4) is 0 Å². The highest BCUT2D eigenvalue weighted by Gasteiger charge is 2.44. The number of unbranched alkanes of at least 4 members (excludes halogenated alkanes) is 4. The Kier molecular flexibility index (Phi) is 8.74. The molecule has 3 aliphatic rings. The normalized spacial score (nSPS) is 38.5. The van der Waals surface area contributed by atoms with Gasteiger partial charge < -0.3 is 0 Å². The summed E-state index contributed by atoms with van der Waals surface area (Å²) in [5, 5.41) is 9.80. The van der Waals surface area contributed by atoms with Crippen molar-refractivity contribution in [3.63, 3.8) is 0 Å². The molecule has 3 rings (SSSR count). The van der Waals surface area contributed by atoms with Crippen molar-refractivity contribution in [2.45, 2.75) is 129 Å². The average Bonchev–Trinajstić information content (AvgIpc) is 2.74. The smallest absolute Gasteiger partial charge is 0.0689 e. The van der Waals surface area contributed by atoms with Gasteiger partial charge in [-0.05, 0) is 87.4 Å². The van der Waals surface area contributed by atoms with Crippen LogP contribution in [0.4, 0.5) is 0 Å². The van der Waals surface area contributed by atoms with Gasteiger partial charge in [0.1, 0.15) is 0 Å². The molecule has 28 heavy (non-hydrogen) atoms. The van der Waals surface area contributed by atoms with E-state index in [9.17, 15) is 5.26 Å². The van der Waals surface area contributed by atoms with Gasteiger partial charge in [-0.3, -0.25) is 0 Å². The van der Waals surface area contributed by atoms with Gasteiger partial charge in [-0.15, -0.1) is 0 Å². The summed E-state index contributed by atoms with van der Waals surface area (Å²) in [4.78, 5) is 0. The van der Waals surface area contributed by atoms with E-state index in [0.717, 1.165) is 36.0 Å². The Morgan fingerprint density at radius 2 is 1.43 bits per heavy atom. The molecule has 0 aromatic rings. The second-order valence-corrected chi connectivity index (χ2v) is 11.0. The lowest BCUT2D eigenvalue weighted by atomic mass is 9.57. The molecule has 1 heteroatoms. The van der Waals surface area contributed by atoms with E-state index in [0.29, 0.717) is 0 Å². The summed E-state index contributed by atoms with van der Waals surface area (Å²) in [6, 6.07) is 2.76. The second kappa shape index (κ2) is 11.0. The van der Waals surface area contributed by atoms with Crippen LogP contribution in [-0.4, -0.2) is 0 Å². The molecule has 0 N–H and O–H groups in total. The quantitative estimate of drug-likeness (QED) is 0.364. The third-order valence-electron chi connectivity index (χ3n) is 9.07. The Hall–Kier alpha value is -0.510. The molecule has 0 saturated heterocycles. The van der Waals surface area contributed by atoms with Crippen LogP contribution in [-0.2, 0) is 0 Å². The molecule has 4 atom stereocenters. The molecule has 0 bridgehead atoms. The van der Waals surface area contributed by atoms with Crippen LogP contribution in [0.1, 0.15) is 129 Å². The Bertz CT molecular complexity index is 483. The lowest BCUT2D eigenvalue weighted by Crippen LogP contribution is -2.38. The zero-order valence-corrected chi connectivity index (χ0v) is 19.1. The molecule has 0 aromatic heterocycles. The maximum absolute atomic E-state index is 9.80. The lowest BCUT2D eigenvalue weighted by Gasteiger charge is -2.47. The Morgan fingerprint density at radius 3 is 2.14 bits per heavy atom. The minimum atomic E-state index is 0.0396. The van der Waals surface area contributed by atoms with Gasteiger partial charge in [0.05, 0.1) is 11.5 Å². The number of hydrogen-bond acceptors (Lipinski definition) is 1. The Labute approximate surface area is 176 Å². The van der Waals surface area contributed by atoms with Crippen LogP contribution in [0.5, 0.6) is 0 Å². The SMILES string of the molecule is CCCCCCCC1CCC([C@H]2CC[C@@H]3C[C@](C#N)(CCC)CC[C@@H]3C2)CC1. The largest absolute Gasteiger partial charge is 0.198 e. The molecule has 0 amide bonds. The zero-order chi connectivity index (χ0) is 19.8. The van der Waals surface area contributed by atoms with E-state index < -0.39 is 0 Å². The highest BCUT2D eigenvalue weighted by Crippen LogP contribution is 2.53. The topological polar surface area (TPSA) is 23.8 Å². The third kappa shape index (κ3) is 5.77. The van der Waals surface area contributed by atoms with E-state index in [-0.39, 0.29) is 5.41 Å². The minimum absolute atomic E-state index is 0.0396. The van der Waals surface area contributed by atoms with Crippen molar-refractivity contribution < 1.29 is 0 Å². The van der Waals surface area contributed by atoms with Crippen molar-refractivity contribution >= 4 is 0 Å². The zero-order valence-electron chi connectivity index (χ0n) is 19.1. The molecule has 3 saturated carbocycles. The van der Waals surface area contributed by atoms with E-state index in [1.807, 2.05) is 0 Å². The number of nitrogens with zero attached hydrogens (tertiary/aromatic N) is 1. The van der Waals surface area contributed by atoms with Crippen molar-refractivity contribution in [1.29, 1.82) is 5.26 Å². The van der Waals surface area contributed by atoms with Crippen molar-refractivity contribution in [2.75, 3.05) is 0 Å². The van der Waals surface area contributed by atoms with Gasteiger partial charge in [0, 0.05) is 0 Å². The summed E-state index contributed by atoms with van der Waals surface area (Å²) >= 11 is 0. The number of fused-ring (bicyclic) bond motifs is 1. The molecule has 3 fully saturated rings. The average molecular weight is 386 g/mol. The number of rotatable bonds is 9. The van der Waals surface area contributed by atoms with E-state index in [4.69, 9.17) is 0 Å². The summed E-state index contributed by atoms with van der Waals surface area (Å²) in [7, 11) is 0. The number of nitriles is 1. The fraction of sp³-hybridized carbons (Fsp3) is 0.963. The van der Waals surface area contributed by atoms with Crippen LogP contribution in [0.15, 0.2) is 0 Å². The first-order valence-electron chi connectivity index (χ1n) is 13.1. The molecule has 0 unspecified atom stereocenters. The first-order valence-corrected chi connectivity index (χ1v) is 13.1. The van der Waals surface area contributed by atoms with E-state index in [1.54, 1.807) is 0 Å². The molecule has 0 aliphatic heterocycles. The Morgan fingerprint density at radius 1 is 0.750 bits per heavy atom. The fourth-order valence-corrected chi connectivity index (χ4v) is 7.33. The molecule has 3 aliphatic carbocycles. The van der Waals surface area contributed by atoms with Crippen LogP contribution in [0.2, 0.25) is 0 Å². The third-order valence-corrected chi connectivity index (χ3v) is 9.07. The summed E-state index contributed by atoms with van der Waals surface area (Å²) in [5.41, 5.74) is 0.0396. The number of hydrogen-bond donors (Lipinski definition) is 0. The van der Waals surface area contributed by atoms with Gasteiger partial charge in [0.2, 0.25) is 0 Å². The van der Waals surface area contributed by atoms with Crippen LogP contribution >= 0.6 is 0 Å². The highest BCUT2D eigenvalue weighted by atomic mass is 14.5. The van der Waals surface area contributed by atoms with Crippen LogP contribution < -0.4 is 0 Å². The summed E-state index contributed by atoms with van der Waals surface area (Å²) in [6.07, 6.45) is 25.3. The van der Waals surface area contributed by atoms with Gasteiger partial charge in [-0.25, -0.2) is 0 Å². The van der Waals surface area contributed by atoms with Crippen molar-refractivity contribution in [3.8, 4) is 6.07 Å². The summed E-state index contributed by atoms with van der Waals surface area (Å²) < 4.78 is 0. The standard InChI is InChI=1S/C27H47N/c1-3-5-6-7-8-9-22-10-12-23(13-11-22)24-14-15-26-20-27(21-28,17-4-2)18-16-25(26)19-24/h22-26H,3-20H2,1-2H3/t22?,23?,24-,25+,26+,27-/m0/s1. The molecule has 0 heterocycles. The van der Waals surface area contributed by atoms with Gasteiger partial charge in [0.15, 0.2) is 0 Å². The fourth-order valence-electron chi connectivity index (χ4n) is 7.33. The first-order chi connectivity index (χ1) is 13.7. The van der Waals surface area contributed by atoms with Gasteiger partial charge >= 0.3 is 0 Å². The molecule has 1 nitrogen and oxygen atoms in total. The highest BCUT2D eigenvalue weighted by molar-refractivity contribution is 5.04. The molecule has 0 spiro atoms. The van der Waals surface area contributed by atoms with Gasteiger partial charge in [0.25, 0.3) is 0 Å². The molecule has 0 radical (unpaired) electrons. The maximum Gasteiger partial charge on any atom is 0.0689 e. The summed E-state index contributed by atoms with van der Waals surface area (Å²) in [5.74, 6) is 4.93. The van der Waals surface area contributed by atoms with Crippen molar-refractivity contribution in [3.05, 3.63) is 0 Å². The van der Waals surface area contributed by atoms with E-state index in [1.165, 1.54) is 109 Å². The predicted molar refractivity (Wildman–Crippen MR) is 120 cm³/mol. The monoisotopic (exact) mass is 385 g/mol. The maximum atomic E-state index is 9.80. The first kappa shape index (κ1) is 22.2.